The van der Waals surface area contributed by atoms with Crippen LogP contribution in [0, 0.1) is 11.8 Å². The van der Waals surface area contributed by atoms with Gasteiger partial charge in [-0.1, -0.05) is 62.4 Å². The van der Waals surface area contributed by atoms with E-state index < -0.39 is 5.54 Å². The Morgan fingerprint density at radius 3 is 2.44 bits per heavy atom. The van der Waals surface area contributed by atoms with Crippen LogP contribution in [0.25, 0.3) is 11.1 Å². The molecule has 1 atom stereocenters. The summed E-state index contributed by atoms with van der Waals surface area (Å²) < 4.78 is 0. The summed E-state index contributed by atoms with van der Waals surface area (Å²) in [6, 6.07) is 17.8. The molecule has 0 radical (unpaired) electrons. The number of carbonyl (C=O) groups excluding carboxylic acids is 2. The first-order valence-corrected chi connectivity index (χ1v) is 12.1. The molecule has 2 heterocycles. The molecule has 2 aromatic rings. The third-order valence-corrected chi connectivity index (χ3v) is 6.75. The number of nitrogens with zero attached hydrogens (tertiary/aromatic N) is 3. The van der Waals surface area contributed by atoms with Crippen LogP contribution >= 0.6 is 0 Å². The monoisotopic (exact) mass is 461 g/mol. The number of benzene rings is 2. The van der Waals surface area contributed by atoms with Gasteiger partial charge in [0.25, 0.3) is 5.91 Å². The number of nitrogens with one attached hydrogen (secondary N) is 1. The Labute approximate surface area is 202 Å². The highest BCUT2D eigenvalue weighted by atomic mass is 16.2. The average molecular weight is 462 g/mol. The van der Waals surface area contributed by atoms with Gasteiger partial charge in [0.2, 0.25) is 0 Å². The molecule has 180 valence electrons. The van der Waals surface area contributed by atoms with Crippen molar-refractivity contribution in [2.75, 3.05) is 25.0 Å². The van der Waals surface area contributed by atoms with Crippen LogP contribution in [0.4, 0.5) is 10.5 Å². The zero-order valence-electron chi connectivity index (χ0n) is 20.3. The molecular weight excluding hydrogens is 426 g/mol. The number of hydrogen-bond acceptors (Lipinski definition) is 4. The Bertz CT molecular complexity index is 1060. The number of aliphatic imine (C=N–C) groups is 1. The largest absolute Gasteiger partial charge is 0.369 e. The quantitative estimate of drug-likeness (QED) is 0.661. The number of carbonyl (C=O) groups is 2. The van der Waals surface area contributed by atoms with Gasteiger partial charge in [-0.25, -0.2) is 9.79 Å². The summed E-state index contributed by atoms with van der Waals surface area (Å²) in [5.41, 5.74) is 8.25. The fourth-order valence-electron chi connectivity index (χ4n) is 5.09. The van der Waals surface area contributed by atoms with Crippen LogP contribution < -0.4 is 11.1 Å². The third kappa shape index (κ3) is 5.08. The van der Waals surface area contributed by atoms with E-state index in [2.05, 4.69) is 24.2 Å². The second-order valence-electron chi connectivity index (χ2n) is 10.0. The first kappa shape index (κ1) is 23.8. The Morgan fingerprint density at radius 2 is 1.76 bits per heavy atom. The van der Waals surface area contributed by atoms with Gasteiger partial charge in [-0.3, -0.25) is 9.69 Å². The van der Waals surface area contributed by atoms with E-state index in [1.165, 1.54) is 0 Å². The average Bonchev–Trinajstić information content (AvgIpc) is 3.02. The topological polar surface area (TPSA) is 91.0 Å². The maximum Gasteiger partial charge on any atom is 0.321 e. The minimum Gasteiger partial charge on any atom is -0.369 e. The number of piperidine rings is 1. The van der Waals surface area contributed by atoms with Crippen molar-refractivity contribution >= 4 is 23.6 Å². The lowest BCUT2D eigenvalue weighted by atomic mass is 9.90. The minimum atomic E-state index is -0.759. The fourth-order valence-corrected chi connectivity index (χ4v) is 5.09. The zero-order chi connectivity index (χ0) is 24.3. The first-order chi connectivity index (χ1) is 16.3. The fraction of sp³-hybridized carbons (Fsp3) is 0.444. The van der Waals surface area contributed by atoms with Crippen molar-refractivity contribution in [2.45, 2.75) is 45.6 Å². The summed E-state index contributed by atoms with van der Waals surface area (Å²) in [6.45, 7) is 7.91. The van der Waals surface area contributed by atoms with Gasteiger partial charge in [-0.15, -0.1) is 0 Å². The van der Waals surface area contributed by atoms with Crippen LogP contribution in [-0.4, -0.2) is 52.9 Å². The maximum absolute atomic E-state index is 13.0. The van der Waals surface area contributed by atoms with Gasteiger partial charge in [0.15, 0.2) is 5.96 Å². The van der Waals surface area contributed by atoms with E-state index in [9.17, 15) is 9.59 Å². The van der Waals surface area contributed by atoms with Gasteiger partial charge in [0, 0.05) is 25.2 Å². The molecular formula is C27H35N5O2. The van der Waals surface area contributed by atoms with E-state index in [1.54, 1.807) is 4.90 Å². The molecule has 7 heteroatoms. The van der Waals surface area contributed by atoms with Crippen LogP contribution in [0.2, 0.25) is 0 Å². The molecule has 0 aromatic heterocycles. The van der Waals surface area contributed by atoms with Gasteiger partial charge in [-0.05, 0) is 49.7 Å². The Balaban J connectivity index is 1.33. The van der Waals surface area contributed by atoms with Crippen LogP contribution in [-0.2, 0) is 4.79 Å². The number of anilines is 1. The van der Waals surface area contributed by atoms with E-state index in [4.69, 9.17) is 5.73 Å². The number of rotatable bonds is 6. The van der Waals surface area contributed by atoms with Gasteiger partial charge in [-0.2, -0.15) is 0 Å². The molecule has 1 unspecified atom stereocenters. The van der Waals surface area contributed by atoms with Gasteiger partial charge in [0.1, 0.15) is 5.54 Å². The summed E-state index contributed by atoms with van der Waals surface area (Å²) in [5, 5.41) is 3.09. The molecule has 2 aliphatic heterocycles. The number of nitrogens with two attached hydrogens (primary N) is 1. The Kier molecular flexibility index (Phi) is 6.91. The summed E-state index contributed by atoms with van der Waals surface area (Å²) in [7, 11) is 0. The predicted octanol–water partition coefficient (Wildman–Crippen LogP) is 4.56. The zero-order valence-corrected chi connectivity index (χ0v) is 20.3. The van der Waals surface area contributed by atoms with Crippen molar-refractivity contribution in [3.05, 3.63) is 54.6 Å². The molecule has 0 aliphatic carbocycles. The lowest BCUT2D eigenvalue weighted by Gasteiger charge is -2.34. The highest BCUT2D eigenvalue weighted by Gasteiger charge is 2.44. The third-order valence-electron chi connectivity index (χ3n) is 6.75. The highest BCUT2D eigenvalue weighted by Crippen LogP contribution is 2.31. The van der Waals surface area contributed by atoms with E-state index in [0.717, 1.165) is 29.7 Å². The predicted molar refractivity (Wildman–Crippen MR) is 136 cm³/mol. The van der Waals surface area contributed by atoms with Crippen LogP contribution in [0.15, 0.2) is 59.6 Å². The summed E-state index contributed by atoms with van der Waals surface area (Å²) in [5.74, 6) is 0.973. The second kappa shape index (κ2) is 9.87. The van der Waals surface area contributed by atoms with Crippen molar-refractivity contribution in [3.63, 3.8) is 0 Å². The smallest absolute Gasteiger partial charge is 0.321 e. The van der Waals surface area contributed by atoms with Gasteiger partial charge < -0.3 is 16.0 Å². The number of amides is 3. The van der Waals surface area contributed by atoms with E-state index in [-0.39, 0.29) is 11.9 Å². The summed E-state index contributed by atoms with van der Waals surface area (Å²) in [4.78, 5) is 34.0. The van der Waals surface area contributed by atoms with Crippen molar-refractivity contribution in [2.24, 2.45) is 22.6 Å². The Morgan fingerprint density at radius 1 is 1.12 bits per heavy atom. The maximum atomic E-state index is 13.0. The molecule has 1 fully saturated rings. The van der Waals surface area contributed by atoms with Crippen LogP contribution in [0.5, 0.6) is 0 Å². The molecule has 0 bridgehead atoms. The number of para-hydroxylation sites is 1. The lowest BCUT2D eigenvalue weighted by molar-refractivity contribution is -0.131. The normalized spacial score (nSPS) is 21.2. The van der Waals surface area contributed by atoms with Crippen molar-refractivity contribution in [1.29, 1.82) is 0 Å². The molecule has 4 rings (SSSR count). The van der Waals surface area contributed by atoms with E-state index >= 15 is 0 Å². The van der Waals surface area contributed by atoms with Crippen molar-refractivity contribution in [3.8, 4) is 11.1 Å². The highest BCUT2D eigenvalue weighted by molar-refractivity contribution is 6.06. The molecule has 0 spiro atoms. The van der Waals surface area contributed by atoms with E-state index in [1.807, 2.05) is 66.4 Å². The molecule has 34 heavy (non-hydrogen) atoms. The minimum absolute atomic E-state index is 0.00334. The summed E-state index contributed by atoms with van der Waals surface area (Å²) in [6.07, 6.45) is 2.34. The number of urea groups is 1. The molecule has 2 aromatic carbocycles. The molecule has 1 saturated heterocycles. The van der Waals surface area contributed by atoms with Crippen LogP contribution in [0.1, 0.15) is 40.0 Å². The standard InChI is InChI=1S/C27H35N5O2/c1-19(2)17-27(3)24(33)32(25(28)30-27)18-20-13-15-31(16-14-20)26(34)29-23-12-8-7-11-22(23)21-9-5-4-6-10-21/h4-12,19-20H,13-18H2,1-3H3,(H2,28,30)(H,29,34). The molecule has 2 aliphatic rings. The number of likely N-dealkylation sites (tertiary alicyclic amines) is 1. The molecule has 3 N–H and O–H groups in total. The van der Waals surface area contributed by atoms with Crippen molar-refractivity contribution in [1.82, 2.24) is 9.80 Å². The van der Waals surface area contributed by atoms with Gasteiger partial charge in [0.05, 0.1) is 5.69 Å². The van der Waals surface area contributed by atoms with E-state index in [0.29, 0.717) is 43.9 Å². The van der Waals surface area contributed by atoms with Crippen LogP contribution in [0.3, 0.4) is 0 Å². The van der Waals surface area contributed by atoms with Crippen molar-refractivity contribution < 1.29 is 9.59 Å². The summed E-state index contributed by atoms with van der Waals surface area (Å²) >= 11 is 0. The SMILES string of the molecule is CC(C)CC1(C)N=C(N)N(CC2CCN(C(=O)Nc3ccccc3-c3ccccc3)CC2)C1=O. The first-order valence-electron chi connectivity index (χ1n) is 12.1. The molecule has 3 amide bonds. The Hall–Kier alpha value is -3.35. The number of hydrogen-bond donors (Lipinski definition) is 2. The molecule has 7 nitrogen and oxygen atoms in total. The van der Waals surface area contributed by atoms with Gasteiger partial charge >= 0.3 is 6.03 Å². The molecule has 0 saturated carbocycles. The second-order valence-corrected chi connectivity index (χ2v) is 10.0. The lowest BCUT2D eigenvalue weighted by Crippen LogP contribution is -2.48. The number of guanidine groups is 1.